The number of aromatic nitrogens is 1. The number of hydrogen-bond acceptors (Lipinski definition) is 3. The Hall–Kier alpha value is -8.05. The van der Waals surface area contributed by atoms with Crippen molar-refractivity contribution in [2.45, 2.75) is 56.0 Å². The highest BCUT2D eigenvalue weighted by atomic mass is 79.9. The molecule has 1 heterocycles. The molecule has 0 aliphatic heterocycles. The van der Waals surface area contributed by atoms with Crippen LogP contribution in [-0.2, 0) is 56.0 Å². The Balaban J connectivity index is 0.000000302. The molecule has 4 nitrogen and oxygen atoms in total. The van der Waals surface area contributed by atoms with Gasteiger partial charge in [0.2, 0.25) is 12.3 Å². The number of fused-ring (bicyclic) bond motifs is 1. The molecule has 1 aromatic heterocycles. The van der Waals surface area contributed by atoms with Gasteiger partial charge in [0, 0.05) is 16.1 Å². The van der Waals surface area contributed by atoms with Gasteiger partial charge in [-0.25, -0.2) is 4.79 Å². The van der Waals surface area contributed by atoms with Crippen molar-refractivity contribution in [1.29, 1.82) is 0 Å². The molecule has 454 valence electrons. The maximum absolute atomic E-state index is 14.2. The number of alkyl halides is 24. The van der Waals surface area contributed by atoms with E-state index >= 15 is 0 Å². The summed E-state index contributed by atoms with van der Waals surface area (Å²) in [4.78, 5) is 25.8. The van der Waals surface area contributed by atoms with Crippen molar-refractivity contribution in [3.63, 3.8) is 0 Å². The van der Waals surface area contributed by atoms with E-state index in [2.05, 4.69) is 15.9 Å². The molecule has 0 radical (unpaired) electrons. The van der Waals surface area contributed by atoms with Gasteiger partial charge in [-0.3, -0.25) is 4.79 Å². The summed E-state index contributed by atoms with van der Waals surface area (Å²) in [7, 11) is 0. The molecule has 0 amide bonds. The molecule has 7 aromatic carbocycles. The molecule has 0 fully saturated rings. The third kappa shape index (κ3) is 14.8. The van der Waals surface area contributed by atoms with E-state index in [0.29, 0.717) is 17.0 Å². The number of carbonyl (C=O) groups excluding carboxylic acids is 2. The first-order chi connectivity index (χ1) is 39.4. The number of benzene rings is 7. The van der Waals surface area contributed by atoms with Crippen molar-refractivity contribution in [2.75, 3.05) is 0 Å². The van der Waals surface area contributed by atoms with Crippen LogP contribution in [0.5, 0.6) is 5.75 Å². The quantitative estimate of drug-likeness (QED) is 0.0361. The number of pyridine rings is 1. The highest BCUT2D eigenvalue weighted by Gasteiger charge is 2.47. The predicted octanol–water partition coefficient (Wildman–Crippen LogP) is 16.2. The molecule has 0 saturated carbocycles. The van der Waals surface area contributed by atoms with Crippen LogP contribution < -0.4 is 31.2 Å². The van der Waals surface area contributed by atoms with Gasteiger partial charge < -0.3 is 4.74 Å². The second-order valence-corrected chi connectivity index (χ2v) is 19.7. The fourth-order valence-electron chi connectivity index (χ4n) is 9.22. The minimum absolute atomic E-state index is 0.0413. The van der Waals surface area contributed by atoms with Crippen molar-refractivity contribution in [3.05, 3.63) is 224 Å². The molecule has 0 spiro atoms. The van der Waals surface area contributed by atoms with Gasteiger partial charge in [-0.15, -0.1) is 0 Å². The monoisotopic (exact) mass is 1310 g/mol. The first-order valence-corrected chi connectivity index (χ1v) is 24.5. The van der Waals surface area contributed by atoms with Gasteiger partial charge in [0.1, 0.15) is 11.9 Å². The van der Waals surface area contributed by atoms with Crippen molar-refractivity contribution < 1.29 is 124 Å². The Morgan fingerprint density at radius 2 is 0.686 bits per heavy atom. The second-order valence-electron chi connectivity index (χ2n) is 18.7. The molecule has 0 aliphatic rings. The number of ketones is 1. The SMILES string of the molecule is FC(F)(F)c1cc([B-](c2cc(C(F)(F)F)cc(C(F)(F)F)c2)(c2cc(C(F)(F)F)cc(C(F)(F)F)c2)c2cc(C(F)(F)F)cc(C(F)(F)F)c2)cc(C(F)(F)F)c1.O=C(C[n+]1ccc2ccccc2c1C(=O)Oc1ccc(Br)cc1)c1ccccc1. The Morgan fingerprint density at radius 3 is 1.00 bits per heavy atom. The van der Waals surface area contributed by atoms with Gasteiger partial charge in [-0.2, -0.15) is 132 Å². The Bertz CT molecular complexity index is 3390. The average Bonchev–Trinajstić information content (AvgIpc) is 0.818. The molecule has 8 aromatic rings. The molecule has 0 saturated heterocycles. The number of esters is 1. The van der Waals surface area contributed by atoms with Crippen molar-refractivity contribution >= 4 is 66.5 Å². The van der Waals surface area contributed by atoms with Crippen LogP contribution in [0.1, 0.15) is 65.4 Å². The lowest BCUT2D eigenvalue weighted by Crippen LogP contribution is -2.75. The van der Waals surface area contributed by atoms with Gasteiger partial charge >= 0.3 is 55.4 Å². The van der Waals surface area contributed by atoms with Crippen LogP contribution in [0.15, 0.2) is 168 Å². The summed E-state index contributed by atoms with van der Waals surface area (Å²) in [5, 5.41) is 1.64. The fraction of sp³-hybridized carbons (Fsp3) is 0.161. The van der Waals surface area contributed by atoms with E-state index in [-0.39, 0.29) is 12.3 Å². The summed E-state index contributed by atoms with van der Waals surface area (Å²) >= 11 is 3.37. The zero-order valence-electron chi connectivity index (χ0n) is 42.0. The minimum atomic E-state index is -6.13. The summed E-state index contributed by atoms with van der Waals surface area (Å²) < 4.78 is 349. The van der Waals surface area contributed by atoms with Crippen molar-refractivity contribution in [1.82, 2.24) is 0 Å². The number of nitrogens with zero attached hydrogens (tertiary/aromatic N) is 1. The lowest BCUT2D eigenvalue weighted by Gasteiger charge is -2.46. The van der Waals surface area contributed by atoms with Crippen LogP contribution in [0.4, 0.5) is 105 Å². The van der Waals surface area contributed by atoms with E-state index < -0.39 is 201 Å². The highest BCUT2D eigenvalue weighted by Crippen LogP contribution is 2.42. The Labute approximate surface area is 475 Å². The topological polar surface area (TPSA) is 47.2 Å². The number of rotatable bonds is 9. The third-order valence-corrected chi connectivity index (χ3v) is 13.5. The van der Waals surface area contributed by atoms with Gasteiger partial charge in [0.15, 0.2) is 6.20 Å². The Kier molecular flexibility index (Phi) is 17.8. The summed E-state index contributed by atoms with van der Waals surface area (Å²) in [5.41, 5.74) is -29.3. The van der Waals surface area contributed by atoms with Crippen LogP contribution in [0.3, 0.4) is 0 Å². The first kappa shape index (κ1) is 65.5. The van der Waals surface area contributed by atoms with E-state index in [4.69, 9.17) is 4.74 Å². The van der Waals surface area contributed by atoms with E-state index in [0.717, 1.165) is 15.2 Å². The summed E-state index contributed by atoms with van der Waals surface area (Å²) in [6.45, 7) is 0.0413. The van der Waals surface area contributed by atoms with Gasteiger partial charge in [-0.05, 0) is 60.0 Å². The normalized spacial score (nSPS) is 13.1. The van der Waals surface area contributed by atoms with Crippen LogP contribution in [0.2, 0.25) is 0 Å². The molecule has 0 atom stereocenters. The van der Waals surface area contributed by atoms with Gasteiger partial charge in [0.25, 0.3) is 5.69 Å². The maximum Gasteiger partial charge on any atom is 0.416 e. The highest BCUT2D eigenvalue weighted by molar-refractivity contribution is 9.10. The Morgan fingerprint density at radius 1 is 0.384 bits per heavy atom. The summed E-state index contributed by atoms with van der Waals surface area (Å²) in [5.74, 6) is -0.152. The first-order valence-electron chi connectivity index (χ1n) is 23.7. The zero-order chi connectivity index (χ0) is 64.1. The van der Waals surface area contributed by atoms with E-state index in [1.807, 2.05) is 48.5 Å². The molecule has 0 bridgehead atoms. The minimum Gasteiger partial charge on any atom is -0.419 e. The molecule has 0 unspecified atom stereocenters. The van der Waals surface area contributed by atoms with Crippen LogP contribution in [0, 0.1) is 0 Å². The molecule has 0 N–H and O–H groups in total. The number of halogens is 25. The smallest absolute Gasteiger partial charge is 0.416 e. The van der Waals surface area contributed by atoms with Gasteiger partial charge in [-0.1, -0.05) is 113 Å². The summed E-state index contributed by atoms with van der Waals surface area (Å²) in [6.07, 6.45) is -53.1. The molecular formula is C56H29BBrF24NO3. The summed E-state index contributed by atoms with van der Waals surface area (Å²) in [6, 6.07) is 16.7. The fourth-order valence-corrected chi connectivity index (χ4v) is 9.48. The standard InChI is InChI=1S/C32H12BF24.C24H17BrNO3/c34-25(35,36)13-1-14(26(37,38)39)6-21(5-13)33(22-7-15(27(40,41)42)2-16(8-22)28(43,44)45,23-9-17(29(46,47)48)3-18(10-23)30(49,50)51)24-11-19(31(52,53)54)4-20(12-24)32(55,56)57;25-19-10-12-20(13-11-19)29-24(28)23-21-9-5-4-6-17(21)14-15-26(23)16-22(27)18-7-2-1-3-8-18/h1-12H;1-15H,16H2/q-1;+1. The number of carbonyl (C=O) groups is 2. The average molecular weight is 1310 g/mol. The maximum atomic E-state index is 14.2. The number of hydrogen-bond donors (Lipinski definition) is 0. The van der Waals surface area contributed by atoms with Crippen molar-refractivity contribution in [3.8, 4) is 5.75 Å². The molecule has 0 aliphatic carbocycles. The zero-order valence-corrected chi connectivity index (χ0v) is 43.6. The third-order valence-electron chi connectivity index (χ3n) is 13.0. The van der Waals surface area contributed by atoms with Gasteiger partial charge in [0.05, 0.1) is 49.9 Å². The molecular weight excluding hydrogens is 1280 g/mol. The largest absolute Gasteiger partial charge is 0.419 e. The lowest BCUT2D eigenvalue weighted by molar-refractivity contribution is -0.684. The van der Waals surface area contributed by atoms with Crippen LogP contribution in [0.25, 0.3) is 10.8 Å². The van der Waals surface area contributed by atoms with E-state index in [9.17, 15) is 115 Å². The second kappa shape index (κ2) is 23.3. The van der Waals surface area contributed by atoms with Crippen LogP contribution >= 0.6 is 15.9 Å². The van der Waals surface area contributed by atoms with Crippen molar-refractivity contribution in [2.24, 2.45) is 0 Å². The lowest BCUT2D eigenvalue weighted by atomic mass is 9.12. The molecule has 86 heavy (non-hydrogen) atoms. The van der Waals surface area contributed by atoms with Crippen LogP contribution in [-0.4, -0.2) is 17.9 Å². The van der Waals surface area contributed by atoms with E-state index in [1.54, 1.807) is 47.2 Å². The predicted molar refractivity (Wildman–Crippen MR) is 264 cm³/mol. The molecule has 8 rings (SSSR count). The number of ether oxygens (including phenoxy) is 1. The number of Topliss-reactive ketones (excluding diaryl/α,β-unsaturated/α-hetero) is 1. The molecule has 30 heteroatoms. The van der Waals surface area contributed by atoms with E-state index in [1.165, 1.54) is 0 Å².